The maximum absolute atomic E-state index is 5.25. The summed E-state index contributed by atoms with van der Waals surface area (Å²) in [6.45, 7) is 0. The molecule has 0 radical (unpaired) electrons. The standard InChI is InChI=1S/C46H31N3S/c1-3-13-30(14-4-1)40-29-41(31-15-5-2-6-16-31)48-46(47-40)33-17-11-18-34(27-33)49-42-23-9-7-19-36(42)39-28-32(25-26-43(39)49)35-21-12-22-38-37-20-8-10-24-44(37)50-45(35)38/h1-29,46-47H. The Morgan fingerprint density at radius 2 is 1.22 bits per heavy atom. The Labute approximate surface area is 294 Å². The molecule has 0 amide bonds. The Morgan fingerprint density at radius 3 is 2.08 bits per heavy atom. The molecule has 10 rings (SSSR count). The fourth-order valence-electron chi connectivity index (χ4n) is 7.47. The molecule has 1 aliphatic rings. The summed E-state index contributed by atoms with van der Waals surface area (Å²) < 4.78 is 5.06. The highest BCUT2D eigenvalue weighted by Crippen LogP contribution is 2.42. The Hall–Kier alpha value is -6.23. The van der Waals surface area contributed by atoms with E-state index in [2.05, 4.69) is 180 Å². The maximum Gasteiger partial charge on any atom is 0.145 e. The van der Waals surface area contributed by atoms with Crippen molar-refractivity contribution < 1.29 is 0 Å². The van der Waals surface area contributed by atoms with Crippen LogP contribution in [0.1, 0.15) is 22.9 Å². The van der Waals surface area contributed by atoms with Crippen molar-refractivity contribution in [3.63, 3.8) is 0 Å². The molecule has 7 aromatic carbocycles. The van der Waals surface area contributed by atoms with Gasteiger partial charge in [0.25, 0.3) is 0 Å². The zero-order chi connectivity index (χ0) is 33.0. The molecule has 2 aromatic heterocycles. The van der Waals surface area contributed by atoms with Gasteiger partial charge in [-0.25, -0.2) is 0 Å². The number of hydrogen-bond donors (Lipinski definition) is 1. The number of benzene rings is 7. The van der Waals surface area contributed by atoms with Gasteiger partial charge in [0.15, 0.2) is 0 Å². The van der Waals surface area contributed by atoms with Crippen molar-refractivity contribution in [1.29, 1.82) is 0 Å². The average molecular weight is 658 g/mol. The summed E-state index contributed by atoms with van der Waals surface area (Å²) in [4.78, 5) is 5.25. The lowest BCUT2D eigenvalue weighted by molar-refractivity contribution is 0.663. The lowest BCUT2D eigenvalue weighted by Crippen LogP contribution is -2.25. The zero-order valence-electron chi connectivity index (χ0n) is 27.1. The molecule has 0 bridgehead atoms. The van der Waals surface area contributed by atoms with Gasteiger partial charge in [0.2, 0.25) is 0 Å². The zero-order valence-corrected chi connectivity index (χ0v) is 27.9. The Kier molecular flexibility index (Phi) is 6.74. The van der Waals surface area contributed by atoms with Crippen LogP contribution in [0.4, 0.5) is 0 Å². The second kappa shape index (κ2) is 11.7. The number of nitrogens with one attached hydrogen (secondary N) is 1. The number of aliphatic imine (C=N–C) groups is 1. The number of rotatable bonds is 5. The van der Waals surface area contributed by atoms with Crippen LogP contribution in [-0.4, -0.2) is 10.3 Å². The van der Waals surface area contributed by atoms with Gasteiger partial charge in [-0.2, -0.15) is 0 Å². The highest BCUT2D eigenvalue weighted by molar-refractivity contribution is 7.26. The molecule has 1 unspecified atom stereocenters. The van der Waals surface area contributed by atoms with Gasteiger partial charge in [-0.3, -0.25) is 4.99 Å². The highest BCUT2D eigenvalue weighted by Gasteiger charge is 2.21. The van der Waals surface area contributed by atoms with Crippen molar-refractivity contribution >= 4 is 64.7 Å². The van der Waals surface area contributed by atoms with E-state index >= 15 is 0 Å². The van der Waals surface area contributed by atoms with Crippen LogP contribution in [0, 0.1) is 0 Å². The second-order valence-corrected chi connectivity index (χ2v) is 13.9. The van der Waals surface area contributed by atoms with Gasteiger partial charge in [0.1, 0.15) is 6.17 Å². The first-order chi connectivity index (χ1) is 24.8. The van der Waals surface area contributed by atoms with Crippen molar-refractivity contribution in [2.75, 3.05) is 0 Å². The predicted molar refractivity (Wildman–Crippen MR) is 212 cm³/mol. The van der Waals surface area contributed by atoms with Crippen LogP contribution in [0.15, 0.2) is 181 Å². The van der Waals surface area contributed by atoms with E-state index < -0.39 is 0 Å². The summed E-state index contributed by atoms with van der Waals surface area (Å²) >= 11 is 1.88. The van der Waals surface area contributed by atoms with Crippen LogP contribution < -0.4 is 5.32 Å². The first kappa shape index (κ1) is 28.8. The molecule has 1 aliphatic heterocycles. The molecule has 0 saturated heterocycles. The number of hydrogen-bond acceptors (Lipinski definition) is 3. The minimum Gasteiger partial charge on any atom is -0.360 e. The van der Waals surface area contributed by atoms with Gasteiger partial charge >= 0.3 is 0 Å². The number of fused-ring (bicyclic) bond motifs is 6. The van der Waals surface area contributed by atoms with Gasteiger partial charge in [0, 0.05) is 42.3 Å². The molecule has 0 aliphatic carbocycles. The minimum absolute atomic E-state index is 0.244. The Morgan fingerprint density at radius 1 is 0.520 bits per heavy atom. The fraction of sp³-hybridized carbons (Fsp3) is 0.0217. The summed E-state index contributed by atoms with van der Waals surface area (Å²) in [5.74, 6) is 0. The van der Waals surface area contributed by atoms with Crippen LogP contribution in [0.5, 0.6) is 0 Å². The van der Waals surface area contributed by atoms with Gasteiger partial charge < -0.3 is 9.88 Å². The molecule has 4 heteroatoms. The van der Waals surface area contributed by atoms with Gasteiger partial charge in [-0.1, -0.05) is 133 Å². The van der Waals surface area contributed by atoms with Gasteiger partial charge in [-0.05, 0) is 70.3 Å². The van der Waals surface area contributed by atoms with E-state index in [1.165, 1.54) is 53.1 Å². The summed E-state index contributed by atoms with van der Waals surface area (Å²) in [5.41, 5.74) is 11.4. The average Bonchev–Trinajstić information content (AvgIpc) is 3.74. The maximum atomic E-state index is 5.25. The number of nitrogens with zero attached hydrogens (tertiary/aromatic N) is 2. The van der Waals surface area contributed by atoms with E-state index in [9.17, 15) is 0 Å². The highest BCUT2D eigenvalue weighted by atomic mass is 32.1. The Balaban J connectivity index is 1.10. The van der Waals surface area contributed by atoms with E-state index in [4.69, 9.17) is 4.99 Å². The molecular formula is C46H31N3S. The lowest BCUT2D eigenvalue weighted by Gasteiger charge is -2.25. The molecule has 0 fully saturated rings. The van der Waals surface area contributed by atoms with Crippen molar-refractivity contribution in [1.82, 2.24) is 9.88 Å². The van der Waals surface area contributed by atoms with Gasteiger partial charge in [0.05, 0.1) is 16.7 Å². The topological polar surface area (TPSA) is 29.3 Å². The van der Waals surface area contributed by atoms with Crippen LogP contribution in [-0.2, 0) is 0 Å². The van der Waals surface area contributed by atoms with Crippen LogP contribution in [0.25, 0.3) is 64.5 Å². The van der Waals surface area contributed by atoms with E-state index in [-0.39, 0.29) is 6.17 Å². The van der Waals surface area contributed by atoms with Gasteiger partial charge in [-0.15, -0.1) is 11.3 Å². The number of aromatic nitrogens is 1. The largest absolute Gasteiger partial charge is 0.360 e. The fourth-order valence-corrected chi connectivity index (χ4v) is 8.71. The van der Waals surface area contributed by atoms with Crippen LogP contribution in [0.2, 0.25) is 0 Å². The third-order valence-electron chi connectivity index (χ3n) is 9.83. The monoisotopic (exact) mass is 657 g/mol. The van der Waals surface area contributed by atoms with Crippen molar-refractivity contribution in [2.45, 2.75) is 6.17 Å². The molecule has 0 saturated carbocycles. The summed E-state index contributed by atoms with van der Waals surface area (Å²) in [6, 6.07) is 61.0. The number of para-hydroxylation sites is 1. The molecule has 50 heavy (non-hydrogen) atoms. The lowest BCUT2D eigenvalue weighted by atomic mass is 10.0. The molecule has 0 spiro atoms. The first-order valence-electron chi connectivity index (χ1n) is 17.0. The normalized spacial score (nSPS) is 14.6. The molecule has 1 N–H and O–H groups in total. The SMILES string of the molecule is C1=C(c2ccccc2)NC(c2cccc(-n3c4ccccc4c4cc(-c5cccc6c5sc5ccccc56)ccc43)c2)N=C1c1ccccc1. The summed E-state index contributed by atoms with van der Waals surface area (Å²) in [7, 11) is 0. The first-order valence-corrected chi connectivity index (χ1v) is 17.8. The van der Waals surface area contributed by atoms with E-state index in [0.717, 1.165) is 33.8 Å². The van der Waals surface area contributed by atoms with E-state index in [1.807, 2.05) is 17.4 Å². The molecule has 3 heterocycles. The predicted octanol–water partition coefficient (Wildman–Crippen LogP) is 12.0. The molecule has 3 nitrogen and oxygen atoms in total. The second-order valence-electron chi connectivity index (χ2n) is 12.8. The molecular weight excluding hydrogens is 627 g/mol. The van der Waals surface area contributed by atoms with Crippen LogP contribution >= 0.6 is 11.3 Å². The third-order valence-corrected chi connectivity index (χ3v) is 11.0. The van der Waals surface area contributed by atoms with Crippen molar-refractivity contribution in [3.05, 3.63) is 193 Å². The molecule has 1 atom stereocenters. The minimum atomic E-state index is -0.244. The molecule has 9 aromatic rings. The molecule has 236 valence electrons. The Bertz CT molecular complexity index is 2790. The van der Waals surface area contributed by atoms with Crippen molar-refractivity contribution in [2.24, 2.45) is 4.99 Å². The summed E-state index contributed by atoms with van der Waals surface area (Å²) in [5, 5.41) is 8.88. The quantitative estimate of drug-likeness (QED) is 0.196. The summed E-state index contributed by atoms with van der Waals surface area (Å²) in [6.07, 6.45) is 1.92. The van der Waals surface area contributed by atoms with Crippen LogP contribution in [0.3, 0.4) is 0 Å². The van der Waals surface area contributed by atoms with Crippen molar-refractivity contribution in [3.8, 4) is 16.8 Å². The van der Waals surface area contributed by atoms with E-state index in [1.54, 1.807) is 0 Å². The number of allylic oxidation sites excluding steroid dienone is 1. The third kappa shape index (κ3) is 4.76. The number of thiophene rings is 1. The van der Waals surface area contributed by atoms with E-state index in [0.29, 0.717) is 0 Å². The smallest absolute Gasteiger partial charge is 0.145 e.